The van der Waals surface area contributed by atoms with Crippen molar-refractivity contribution < 1.29 is 4.79 Å². The number of aromatic nitrogens is 4. The van der Waals surface area contributed by atoms with E-state index >= 15 is 0 Å². The highest BCUT2D eigenvalue weighted by Gasteiger charge is 2.10. The molecule has 0 aromatic carbocycles. The first-order valence-electron chi connectivity index (χ1n) is 7.25. The standard InChI is InChI=1S/C15H17N5O2S/c1-10-3-5-20(18-10)6-4-16-13(21)8-19-9-17-14-12(15(19)22)7-11(2)23-14/h3,5,7,9H,4,6,8H2,1-2H3,(H,16,21). The lowest BCUT2D eigenvalue weighted by molar-refractivity contribution is -0.121. The van der Waals surface area contributed by atoms with Gasteiger partial charge in [0.1, 0.15) is 11.4 Å². The molecule has 0 aliphatic heterocycles. The number of carbonyl (C=O) groups is 1. The molecule has 3 aromatic heterocycles. The van der Waals surface area contributed by atoms with Crippen LogP contribution in [0.5, 0.6) is 0 Å². The monoisotopic (exact) mass is 331 g/mol. The molecule has 1 N–H and O–H groups in total. The minimum Gasteiger partial charge on any atom is -0.353 e. The molecule has 3 heterocycles. The van der Waals surface area contributed by atoms with Gasteiger partial charge < -0.3 is 5.32 Å². The van der Waals surface area contributed by atoms with Crippen molar-refractivity contribution in [3.05, 3.63) is 45.6 Å². The van der Waals surface area contributed by atoms with Gasteiger partial charge in [0.2, 0.25) is 5.91 Å². The van der Waals surface area contributed by atoms with Gasteiger partial charge in [0.05, 0.1) is 24.0 Å². The zero-order valence-corrected chi connectivity index (χ0v) is 13.8. The molecule has 7 nitrogen and oxygen atoms in total. The predicted molar refractivity (Wildman–Crippen MR) is 88.6 cm³/mol. The Morgan fingerprint density at radius 2 is 2.22 bits per heavy atom. The summed E-state index contributed by atoms with van der Waals surface area (Å²) in [4.78, 5) is 30.3. The van der Waals surface area contributed by atoms with Crippen molar-refractivity contribution in [1.82, 2.24) is 24.6 Å². The van der Waals surface area contributed by atoms with Gasteiger partial charge in [-0.1, -0.05) is 0 Å². The molecule has 0 radical (unpaired) electrons. The van der Waals surface area contributed by atoms with Gasteiger partial charge in [-0.2, -0.15) is 5.10 Å². The number of nitrogens with zero attached hydrogens (tertiary/aromatic N) is 4. The summed E-state index contributed by atoms with van der Waals surface area (Å²) in [5.74, 6) is -0.218. The molecule has 0 saturated heterocycles. The number of carbonyl (C=O) groups excluding carboxylic acids is 1. The molecule has 1 amide bonds. The number of thiophene rings is 1. The van der Waals surface area contributed by atoms with E-state index in [2.05, 4.69) is 15.4 Å². The van der Waals surface area contributed by atoms with Gasteiger partial charge in [-0.3, -0.25) is 18.8 Å². The van der Waals surface area contributed by atoms with Gasteiger partial charge in [-0.05, 0) is 26.0 Å². The quantitative estimate of drug-likeness (QED) is 0.759. The third kappa shape index (κ3) is 3.48. The average Bonchev–Trinajstić information content (AvgIpc) is 3.08. The van der Waals surface area contributed by atoms with Crippen molar-refractivity contribution in [3.63, 3.8) is 0 Å². The molecule has 8 heteroatoms. The predicted octanol–water partition coefficient (Wildman–Crippen LogP) is 1.09. The molecule has 0 aliphatic rings. The van der Waals surface area contributed by atoms with Crippen molar-refractivity contribution >= 4 is 27.5 Å². The van der Waals surface area contributed by atoms with Crippen LogP contribution in [0.4, 0.5) is 0 Å². The Balaban J connectivity index is 1.61. The first kappa shape index (κ1) is 15.4. The van der Waals surface area contributed by atoms with Crippen LogP contribution in [0.1, 0.15) is 10.6 Å². The maximum absolute atomic E-state index is 12.3. The summed E-state index contributed by atoms with van der Waals surface area (Å²) in [5, 5.41) is 7.59. The number of aryl methyl sites for hydroxylation is 2. The minimum absolute atomic E-state index is 0.0329. The third-order valence-corrected chi connectivity index (χ3v) is 4.35. The van der Waals surface area contributed by atoms with E-state index in [9.17, 15) is 9.59 Å². The lowest BCUT2D eigenvalue weighted by Gasteiger charge is -2.07. The van der Waals surface area contributed by atoms with E-state index < -0.39 is 0 Å². The van der Waals surface area contributed by atoms with Crippen molar-refractivity contribution in [3.8, 4) is 0 Å². The van der Waals surface area contributed by atoms with Crippen LogP contribution in [0.2, 0.25) is 0 Å². The molecular formula is C15H17N5O2S. The minimum atomic E-state index is -0.218. The molecule has 0 unspecified atom stereocenters. The molecule has 120 valence electrons. The first-order chi connectivity index (χ1) is 11.0. The van der Waals surface area contributed by atoms with E-state index in [4.69, 9.17) is 0 Å². The fraction of sp³-hybridized carbons (Fsp3) is 0.333. The Morgan fingerprint density at radius 1 is 1.39 bits per heavy atom. The molecule has 23 heavy (non-hydrogen) atoms. The smallest absolute Gasteiger partial charge is 0.262 e. The van der Waals surface area contributed by atoms with Crippen molar-refractivity contribution in [2.24, 2.45) is 0 Å². The molecule has 0 spiro atoms. The van der Waals surface area contributed by atoms with Crippen LogP contribution in [0, 0.1) is 13.8 Å². The van der Waals surface area contributed by atoms with Gasteiger partial charge in [0.25, 0.3) is 5.56 Å². The van der Waals surface area contributed by atoms with Gasteiger partial charge in [-0.15, -0.1) is 11.3 Å². The average molecular weight is 331 g/mol. The van der Waals surface area contributed by atoms with Gasteiger partial charge >= 0.3 is 0 Å². The highest BCUT2D eigenvalue weighted by Crippen LogP contribution is 2.19. The van der Waals surface area contributed by atoms with Crippen LogP contribution < -0.4 is 10.9 Å². The van der Waals surface area contributed by atoms with Crippen molar-refractivity contribution in [2.45, 2.75) is 26.9 Å². The zero-order valence-electron chi connectivity index (χ0n) is 12.9. The van der Waals surface area contributed by atoms with E-state index in [1.165, 1.54) is 22.2 Å². The highest BCUT2D eigenvalue weighted by molar-refractivity contribution is 7.18. The van der Waals surface area contributed by atoms with Gasteiger partial charge in [-0.25, -0.2) is 4.98 Å². The summed E-state index contributed by atoms with van der Waals surface area (Å²) < 4.78 is 3.10. The topological polar surface area (TPSA) is 81.8 Å². The number of amides is 1. The highest BCUT2D eigenvalue weighted by atomic mass is 32.1. The second kappa shape index (κ2) is 6.33. The summed E-state index contributed by atoms with van der Waals surface area (Å²) >= 11 is 1.47. The lowest BCUT2D eigenvalue weighted by atomic mass is 10.3. The van der Waals surface area contributed by atoms with Crippen LogP contribution in [0.3, 0.4) is 0 Å². The summed E-state index contributed by atoms with van der Waals surface area (Å²) in [7, 11) is 0. The van der Waals surface area contributed by atoms with Crippen molar-refractivity contribution in [1.29, 1.82) is 0 Å². The molecule has 0 atom stereocenters. The van der Waals surface area contributed by atoms with E-state index in [1.807, 2.05) is 32.2 Å². The Morgan fingerprint density at radius 3 is 2.96 bits per heavy atom. The number of hydrogen-bond acceptors (Lipinski definition) is 5. The lowest BCUT2D eigenvalue weighted by Crippen LogP contribution is -2.34. The van der Waals surface area contributed by atoms with Crippen molar-refractivity contribution in [2.75, 3.05) is 6.54 Å². The van der Waals surface area contributed by atoms with E-state index in [1.54, 1.807) is 4.68 Å². The van der Waals surface area contributed by atoms with Gasteiger partial charge in [0, 0.05) is 17.6 Å². The molecule has 0 aliphatic carbocycles. The SMILES string of the molecule is Cc1ccn(CCNC(=O)Cn2cnc3sc(C)cc3c2=O)n1. The second-order valence-electron chi connectivity index (χ2n) is 5.32. The van der Waals surface area contributed by atoms with Crippen LogP contribution in [0.25, 0.3) is 10.2 Å². The van der Waals surface area contributed by atoms with E-state index in [-0.39, 0.29) is 18.0 Å². The largest absolute Gasteiger partial charge is 0.353 e. The molecule has 0 bridgehead atoms. The molecular weight excluding hydrogens is 314 g/mol. The van der Waals surface area contributed by atoms with Crippen LogP contribution in [-0.4, -0.2) is 31.8 Å². The molecule has 0 fully saturated rings. The Labute approximate surface area is 136 Å². The zero-order chi connectivity index (χ0) is 16.4. The normalized spacial score (nSPS) is 11.0. The Bertz CT molecular complexity index is 908. The van der Waals surface area contributed by atoms with E-state index in [0.29, 0.717) is 23.3 Å². The molecule has 0 saturated carbocycles. The summed E-state index contributed by atoms with van der Waals surface area (Å²) in [6.07, 6.45) is 3.29. The summed E-state index contributed by atoms with van der Waals surface area (Å²) in [6.45, 7) is 4.86. The number of hydrogen-bond donors (Lipinski definition) is 1. The third-order valence-electron chi connectivity index (χ3n) is 3.39. The molecule has 3 rings (SSSR count). The van der Waals surface area contributed by atoms with Gasteiger partial charge in [0.15, 0.2) is 0 Å². The first-order valence-corrected chi connectivity index (χ1v) is 8.07. The maximum Gasteiger partial charge on any atom is 0.262 e. The summed E-state index contributed by atoms with van der Waals surface area (Å²) in [6, 6.07) is 3.72. The van der Waals surface area contributed by atoms with Crippen LogP contribution >= 0.6 is 11.3 Å². The van der Waals surface area contributed by atoms with E-state index in [0.717, 1.165) is 10.6 Å². The van der Waals surface area contributed by atoms with Crippen LogP contribution in [0.15, 0.2) is 29.5 Å². The summed E-state index contributed by atoms with van der Waals surface area (Å²) in [5.41, 5.74) is 0.755. The second-order valence-corrected chi connectivity index (χ2v) is 6.56. The number of nitrogens with one attached hydrogen (secondary N) is 1. The number of rotatable bonds is 5. The fourth-order valence-corrected chi connectivity index (χ4v) is 3.14. The Hall–Kier alpha value is -2.48. The molecule has 3 aromatic rings. The Kier molecular flexibility index (Phi) is 4.24. The van der Waals surface area contributed by atoms with Crippen LogP contribution in [-0.2, 0) is 17.9 Å². The number of fused-ring (bicyclic) bond motifs is 1. The fourth-order valence-electron chi connectivity index (χ4n) is 2.30. The maximum atomic E-state index is 12.3.